The molecule has 3 rings (SSSR count). The van der Waals surface area contributed by atoms with Crippen molar-refractivity contribution in [1.29, 1.82) is 0 Å². The van der Waals surface area contributed by atoms with E-state index < -0.39 is 0 Å². The van der Waals surface area contributed by atoms with Gasteiger partial charge in [0.05, 0.1) is 0 Å². The average molecular weight is 362 g/mol. The van der Waals surface area contributed by atoms with E-state index in [4.69, 9.17) is 4.42 Å². The second-order valence-corrected chi connectivity index (χ2v) is 5.32. The molecule has 0 aliphatic heterocycles. The number of benzene rings is 1. The first-order valence-corrected chi connectivity index (χ1v) is 7.39. The highest BCUT2D eigenvalue weighted by Crippen LogP contribution is 2.23. The number of nitrogens with zero attached hydrogens (tertiary/aromatic N) is 4. The van der Waals surface area contributed by atoms with Gasteiger partial charge in [0.2, 0.25) is 5.89 Å². The van der Waals surface area contributed by atoms with Gasteiger partial charge < -0.3 is 4.42 Å². The second kappa shape index (κ2) is 6.10. The summed E-state index contributed by atoms with van der Waals surface area (Å²) in [4.78, 5) is 12.1. The minimum absolute atomic E-state index is 0.0452. The quantitative estimate of drug-likeness (QED) is 0.771. The number of halogens is 1. The van der Waals surface area contributed by atoms with E-state index in [1.807, 2.05) is 31.2 Å². The Bertz CT molecular complexity index is 811. The first-order chi connectivity index (χ1) is 10.7. The lowest BCUT2D eigenvalue weighted by atomic mass is 10.2. The number of nitrogens with one attached hydrogen (secondary N) is 1. The number of rotatable bonds is 4. The summed E-state index contributed by atoms with van der Waals surface area (Å²) in [5.74, 6) is -0.00982. The highest BCUT2D eigenvalue weighted by molar-refractivity contribution is 9.10. The average Bonchev–Trinajstić information content (AvgIpc) is 3.15. The lowest BCUT2D eigenvalue weighted by Gasteiger charge is -2.02. The molecule has 2 heterocycles. The fourth-order valence-corrected chi connectivity index (χ4v) is 2.35. The molecule has 0 spiro atoms. The van der Waals surface area contributed by atoms with E-state index >= 15 is 0 Å². The summed E-state index contributed by atoms with van der Waals surface area (Å²) < 4.78 is 7.95. The summed E-state index contributed by atoms with van der Waals surface area (Å²) in [6, 6.07) is 9.13. The number of aromatic nitrogens is 4. The lowest BCUT2D eigenvalue weighted by Crippen LogP contribution is -2.17. The van der Waals surface area contributed by atoms with Gasteiger partial charge in [-0.1, -0.05) is 27.1 Å². The van der Waals surface area contributed by atoms with Gasteiger partial charge in [0, 0.05) is 22.8 Å². The largest absolute Gasteiger partial charge is 0.403 e. The zero-order chi connectivity index (χ0) is 15.5. The Morgan fingerprint density at radius 1 is 1.36 bits per heavy atom. The molecule has 0 saturated heterocycles. The fraction of sp³-hybridized carbons (Fsp3) is 0.143. The molecule has 3 aromatic rings. The van der Waals surface area contributed by atoms with Crippen LogP contribution in [-0.4, -0.2) is 25.9 Å². The molecule has 0 bridgehead atoms. The molecule has 7 nitrogen and oxygen atoms in total. The molecule has 1 amide bonds. The zero-order valence-corrected chi connectivity index (χ0v) is 13.2. The van der Waals surface area contributed by atoms with Crippen LogP contribution < -0.4 is 5.32 Å². The fourth-order valence-electron chi connectivity index (χ4n) is 1.95. The van der Waals surface area contributed by atoms with Crippen LogP contribution in [0, 0.1) is 0 Å². The van der Waals surface area contributed by atoms with Crippen molar-refractivity contribution >= 4 is 27.9 Å². The van der Waals surface area contributed by atoms with Gasteiger partial charge in [-0.2, -0.15) is 5.10 Å². The normalized spacial score (nSPS) is 10.6. The van der Waals surface area contributed by atoms with Crippen LogP contribution in [0.25, 0.3) is 11.5 Å². The Labute approximate surface area is 134 Å². The standard InChI is InChI=1S/C14H12BrN5O2/c1-2-20-11(6-7-16-20)12(21)17-14-19-18-13(22-14)9-4-3-5-10(15)8-9/h3-8H,2H2,1H3,(H,17,19,21). The highest BCUT2D eigenvalue weighted by Gasteiger charge is 2.15. The summed E-state index contributed by atoms with van der Waals surface area (Å²) in [6.45, 7) is 2.50. The van der Waals surface area contributed by atoms with Gasteiger partial charge in [0.25, 0.3) is 5.91 Å². The predicted octanol–water partition coefficient (Wildman–Crippen LogP) is 2.97. The van der Waals surface area contributed by atoms with Crippen LogP contribution >= 0.6 is 15.9 Å². The molecule has 2 aromatic heterocycles. The Morgan fingerprint density at radius 3 is 3.00 bits per heavy atom. The molecule has 0 aliphatic rings. The summed E-state index contributed by atoms with van der Waals surface area (Å²) in [6.07, 6.45) is 1.57. The van der Waals surface area contributed by atoms with Crippen molar-refractivity contribution < 1.29 is 9.21 Å². The molecular weight excluding hydrogens is 350 g/mol. The minimum atomic E-state index is -0.344. The molecule has 0 unspecified atom stereocenters. The first-order valence-electron chi connectivity index (χ1n) is 6.60. The molecule has 0 radical (unpaired) electrons. The third kappa shape index (κ3) is 2.91. The maximum Gasteiger partial charge on any atom is 0.322 e. The van der Waals surface area contributed by atoms with Gasteiger partial charge in [-0.3, -0.25) is 14.8 Å². The Kier molecular flexibility index (Phi) is 4.01. The van der Waals surface area contributed by atoms with Crippen LogP contribution in [-0.2, 0) is 6.54 Å². The minimum Gasteiger partial charge on any atom is -0.403 e. The van der Waals surface area contributed by atoms with Gasteiger partial charge in [-0.05, 0) is 31.2 Å². The molecule has 1 aromatic carbocycles. The monoisotopic (exact) mass is 361 g/mol. The molecule has 0 aliphatic carbocycles. The number of carbonyl (C=O) groups is 1. The van der Waals surface area contributed by atoms with Crippen molar-refractivity contribution in [3.63, 3.8) is 0 Å². The number of carbonyl (C=O) groups excluding carboxylic acids is 1. The summed E-state index contributed by atoms with van der Waals surface area (Å²) in [5.41, 5.74) is 1.20. The Hall–Kier alpha value is -2.48. The van der Waals surface area contributed by atoms with E-state index in [1.165, 1.54) is 0 Å². The smallest absolute Gasteiger partial charge is 0.322 e. The number of aryl methyl sites for hydroxylation is 1. The maximum atomic E-state index is 12.1. The summed E-state index contributed by atoms with van der Waals surface area (Å²) in [5, 5.41) is 14.4. The second-order valence-electron chi connectivity index (χ2n) is 4.41. The van der Waals surface area contributed by atoms with Crippen molar-refractivity contribution in [2.75, 3.05) is 5.32 Å². The number of anilines is 1. The molecule has 112 valence electrons. The first kappa shape index (κ1) is 14.5. The van der Waals surface area contributed by atoms with Crippen LogP contribution in [0.5, 0.6) is 0 Å². The molecule has 22 heavy (non-hydrogen) atoms. The van der Waals surface area contributed by atoms with Crippen LogP contribution in [0.3, 0.4) is 0 Å². The zero-order valence-electron chi connectivity index (χ0n) is 11.7. The molecule has 0 atom stereocenters. The Balaban J connectivity index is 1.79. The summed E-state index contributed by atoms with van der Waals surface area (Å²) in [7, 11) is 0. The van der Waals surface area contributed by atoms with Crippen LogP contribution in [0.2, 0.25) is 0 Å². The molecular formula is C14H12BrN5O2. The van der Waals surface area contributed by atoms with Crippen LogP contribution in [0.1, 0.15) is 17.4 Å². The predicted molar refractivity (Wildman–Crippen MR) is 83.3 cm³/mol. The Morgan fingerprint density at radius 2 is 2.23 bits per heavy atom. The molecule has 0 saturated carbocycles. The van der Waals surface area contributed by atoms with Gasteiger partial charge >= 0.3 is 6.01 Å². The van der Waals surface area contributed by atoms with E-state index in [0.29, 0.717) is 18.1 Å². The van der Waals surface area contributed by atoms with E-state index in [0.717, 1.165) is 10.0 Å². The van der Waals surface area contributed by atoms with E-state index in [9.17, 15) is 4.79 Å². The third-order valence-electron chi connectivity index (χ3n) is 2.97. The molecule has 8 heteroatoms. The number of hydrogen-bond acceptors (Lipinski definition) is 5. The van der Waals surface area contributed by atoms with Crippen molar-refractivity contribution in [3.05, 3.63) is 46.7 Å². The van der Waals surface area contributed by atoms with Gasteiger partial charge in [0.15, 0.2) is 0 Å². The van der Waals surface area contributed by atoms with E-state index in [1.54, 1.807) is 16.9 Å². The number of amides is 1. The van der Waals surface area contributed by atoms with Crippen molar-refractivity contribution in [2.45, 2.75) is 13.5 Å². The van der Waals surface area contributed by atoms with Gasteiger partial charge in [-0.15, -0.1) is 5.10 Å². The number of hydrogen-bond donors (Lipinski definition) is 1. The van der Waals surface area contributed by atoms with Crippen molar-refractivity contribution in [1.82, 2.24) is 20.0 Å². The SMILES string of the molecule is CCn1nccc1C(=O)Nc1nnc(-c2cccc(Br)c2)o1. The van der Waals surface area contributed by atoms with E-state index in [-0.39, 0.29) is 11.9 Å². The summed E-state index contributed by atoms with van der Waals surface area (Å²) >= 11 is 3.38. The maximum absolute atomic E-state index is 12.1. The van der Waals surface area contributed by atoms with Crippen LogP contribution in [0.15, 0.2) is 45.4 Å². The molecule has 0 fully saturated rings. The topological polar surface area (TPSA) is 85.8 Å². The van der Waals surface area contributed by atoms with E-state index in [2.05, 4.69) is 36.5 Å². The highest BCUT2D eigenvalue weighted by atomic mass is 79.9. The molecule has 1 N–H and O–H groups in total. The van der Waals surface area contributed by atoms with Gasteiger partial charge in [0.1, 0.15) is 5.69 Å². The third-order valence-corrected chi connectivity index (χ3v) is 3.46. The van der Waals surface area contributed by atoms with Crippen molar-refractivity contribution in [2.24, 2.45) is 0 Å². The lowest BCUT2D eigenvalue weighted by molar-refractivity contribution is 0.101. The van der Waals surface area contributed by atoms with Crippen LogP contribution in [0.4, 0.5) is 6.01 Å². The van der Waals surface area contributed by atoms with Gasteiger partial charge in [-0.25, -0.2) is 0 Å². The van der Waals surface area contributed by atoms with Crippen molar-refractivity contribution in [3.8, 4) is 11.5 Å².